The molecule has 2 N–H and O–H groups in total. The SMILES string of the molecule is CC(C)C1c2[nH]c3ccccc3c2C[C@H]2C(=O)NC(COC(C)(C)C)C(=O)N12. The van der Waals surface area contributed by atoms with Gasteiger partial charge in [-0.2, -0.15) is 0 Å². The highest BCUT2D eigenvalue weighted by Crippen LogP contribution is 2.42. The monoisotopic (exact) mass is 383 g/mol. The number of rotatable bonds is 3. The first-order valence-electron chi connectivity index (χ1n) is 10.0. The molecule has 28 heavy (non-hydrogen) atoms. The maximum atomic E-state index is 13.4. The van der Waals surface area contributed by atoms with Crippen molar-refractivity contribution < 1.29 is 14.3 Å². The first kappa shape index (κ1) is 19.0. The normalized spacial score (nSPS) is 25.1. The molecule has 3 atom stereocenters. The second-order valence-electron chi connectivity index (χ2n) is 9.20. The van der Waals surface area contributed by atoms with Crippen molar-refractivity contribution in [3.05, 3.63) is 35.5 Å². The van der Waals surface area contributed by atoms with Crippen LogP contribution in [-0.2, 0) is 20.7 Å². The summed E-state index contributed by atoms with van der Waals surface area (Å²) in [6.45, 7) is 10.2. The molecule has 2 amide bonds. The summed E-state index contributed by atoms with van der Waals surface area (Å²) in [7, 11) is 0. The number of aromatic nitrogens is 1. The van der Waals surface area contributed by atoms with Gasteiger partial charge in [0.2, 0.25) is 11.8 Å². The van der Waals surface area contributed by atoms with E-state index in [-0.39, 0.29) is 36.0 Å². The molecule has 2 unspecified atom stereocenters. The van der Waals surface area contributed by atoms with Crippen LogP contribution >= 0.6 is 0 Å². The predicted octanol–water partition coefficient (Wildman–Crippen LogP) is 2.93. The predicted molar refractivity (Wildman–Crippen MR) is 108 cm³/mol. The number of amides is 2. The fourth-order valence-electron chi connectivity index (χ4n) is 4.44. The third kappa shape index (κ3) is 3.09. The molecule has 3 heterocycles. The smallest absolute Gasteiger partial charge is 0.248 e. The second kappa shape index (κ2) is 6.62. The largest absolute Gasteiger partial charge is 0.373 e. The lowest BCUT2D eigenvalue weighted by molar-refractivity contribution is -0.158. The third-order valence-corrected chi connectivity index (χ3v) is 5.66. The van der Waals surface area contributed by atoms with E-state index in [4.69, 9.17) is 4.74 Å². The van der Waals surface area contributed by atoms with Crippen LogP contribution in [0.25, 0.3) is 10.9 Å². The Kier molecular flexibility index (Phi) is 4.49. The van der Waals surface area contributed by atoms with Gasteiger partial charge in [-0.3, -0.25) is 9.59 Å². The molecule has 1 fully saturated rings. The van der Waals surface area contributed by atoms with Gasteiger partial charge in [-0.25, -0.2) is 0 Å². The molecule has 1 saturated heterocycles. The third-order valence-electron chi connectivity index (χ3n) is 5.66. The minimum atomic E-state index is -0.643. The van der Waals surface area contributed by atoms with Gasteiger partial charge in [-0.1, -0.05) is 32.0 Å². The number of ether oxygens (including phenoxy) is 1. The number of H-pyrrole nitrogens is 1. The van der Waals surface area contributed by atoms with E-state index < -0.39 is 12.1 Å². The average molecular weight is 383 g/mol. The summed E-state index contributed by atoms with van der Waals surface area (Å²) >= 11 is 0. The molecular weight excluding hydrogens is 354 g/mol. The Morgan fingerprint density at radius 1 is 1.21 bits per heavy atom. The van der Waals surface area contributed by atoms with E-state index in [0.29, 0.717) is 6.42 Å². The Morgan fingerprint density at radius 2 is 1.93 bits per heavy atom. The van der Waals surface area contributed by atoms with Gasteiger partial charge in [0.05, 0.1) is 18.2 Å². The van der Waals surface area contributed by atoms with Gasteiger partial charge in [-0.15, -0.1) is 0 Å². The zero-order valence-electron chi connectivity index (χ0n) is 17.2. The molecule has 0 saturated carbocycles. The number of aromatic amines is 1. The summed E-state index contributed by atoms with van der Waals surface area (Å²) in [5, 5.41) is 4.04. The van der Waals surface area contributed by atoms with Crippen molar-refractivity contribution in [1.82, 2.24) is 15.2 Å². The molecular formula is C22H29N3O3. The Morgan fingerprint density at radius 3 is 2.61 bits per heavy atom. The molecule has 1 aromatic carbocycles. The minimum absolute atomic E-state index is 0.0585. The molecule has 150 valence electrons. The highest BCUT2D eigenvalue weighted by molar-refractivity contribution is 5.99. The summed E-state index contributed by atoms with van der Waals surface area (Å²) in [6.07, 6.45) is 0.535. The number of hydrogen-bond donors (Lipinski definition) is 2. The molecule has 2 aliphatic heterocycles. The lowest BCUT2D eigenvalue weighted by Gasteiger charge is -2.47. The number of carbonyl (C=O) groups excluding carboxylic acids is 2. The van der Waals surface area contributed by atoms with Gasteiger partial charge in [0, 0.05) is 23.0 Å². The first-order valence-corrected chi connectivity index (χ1v) is 10.0. The lowest BCUT2D eigenvalue weighted by Crippen LogP contribution is -2.67. The van der Waals surface area contributed by atoms with E-state index in [1.165, 1.54) is 0 Å². The summed E-state index contributed by atoms with van der Waals surface area (Å²) < 4.78 is 5.81. The molecule has 2 aromatic rings. The quantitative estimate of drug-likeness (QED) is 0.856. The number of nitrogens with zero attached hydrogens (tertiary/aromatic N) is 1. The summed E-state index contributed by atoms with van der Waals surface area (Å²) in [6, 6.07) is 6.87. The van der Waals surface area contributed by atoms with E-state index in [9.17, 15) is 9.59 Å². The number of hydrogen-bond acceptors (Lipinski definition) is 3. The molecule has 6 nitrogen and oxygen atoms in total. The van der Waals surface area contributed by atoms with Crippen molar-refractivity contribution in [1.29, 1.82) is 0 Å². The number of nitrogens with one attached hydrogen (secondary N) is 2. The van der Waals surface area contributed by atoms with Crippen LogP contribution in [0.5, 0.6) is 0 Å². The number of fused-ring (bicyclic) bond motifs is 4. The maximum Gasteiger partial charge on any atom is 0.248 e. The minimum Gasteiger partial charge on any atom is -0.373 e. The molecule has 1 aromatic heterocycles. The maximum absolute atomic E-state index is 13.4. The number of piperazine rings is 1. The topological polar surface area (TPSA) is 74.4 Å². The van der Waals surface area contributed by atoms with Crippen LogP contribution in [0, 0.1) is 5.92 Å². The van der Waals surface area contributed by atoms with Gasteiger partial charge < -0.3 is 19.9 Å². The van der Waals surface area contributed by atoms with Crippen LogP contribution in [-0.4, -0.2) is 46.0 Å². The van der Waals surface area contributed by atoms with E-state index in [1.54, 1.807) is 4.90 Å². The van der Waals surface area contributed by atoms with Crippen LogP contribution < -0.4 is 5.32 Å². The Balaban J connectivity index is 1.74. The van der Waals surface area contributed by atoms with Crippen LogP contribution in [0.1, 0.15) is 51.9 Å². The number of carbonyl (C=O) groups is 2. The summed E-state index contributed by atoms with van der Waals surface area (Å²) in [4.78, 5) is 31.7. The average Bonchev–Trinajstić information content (AvgIpc) is 2.99. The van der Waals surface area contributed by atoms with E-state index in [1.807, 2.05) is 39.0 Å². The fraction of sp³-hybridized carbons (Fsp3) is 0.545. The molecule has 0 bridgehead atoms. The molecule has 0 radical (unpaired) electrons. The Labute approximate surface area is 165 Å². The lowest BCUT2D eigenvalue weighted by atomic mass is 9.84. The van der Waals surface area contributed by atoms with Gasteiger partial charge >= 0.3 is 0 Å². The molecule has 0 aliphatic carbocycles. The summed E-state index contributed by atoms with van der Waals surface area (Å²) in [5.74, 6) is 0.0224. The van der Waals surface area contributed by atoms with Crippen LogP contribution in [0.2, 0.25) is 0 Å². The summed E-state index contributed by atoms with van der Waals surface area (Å²) in [5.41, 5.74) is 2.90. The van der Waals surface area contributed by atoms with Crippen molar-refractivity contribution in [2.75, 3.05) is 6.61 Å². The van der Waals surface area contributed by atoms with Crippen LogP contribution in [0.15, 0.2) is 24.3 Å². The standard InChI is InChI=1S/C22H29N3O3/c1-12(2)19-18-14(13-8-6-7-9-15(13)23-18)10-17-20(26)24-16(21(27)25(17)19)11-28-22(3,4)5/h6-9,12,16-17,19,23H,10-11H2,1-5H3,(H,24,26)/t16?,17-,19?/m0/s1. The van der Waals surface area contributed by atoms with Crippen molar-refractivity contribution in [3.63, 3.8) is 0 Å². The van der Waals surface area contributed by atoms with Crippen LogP contribution in [0.3, 0.4) is 0 Å². The van der Waals surface area contributed by atoms with Crippen molar-refractivity contribution >= 4 is 22.7 Å². The van der Waals surface area contributed by atoms with E-state index in [0.717, 1.165) is 22.2 Å². The van der Waals surface area contributed by atoms with Crippen LogP contribution in [0.4, 0.5) is 0 Å². The highest BCUT2D eigenvalue weighted by atomic mass is 16.5. The Hall–Kier alpha value is -2.34. The van der Waals surface area contributed by atoms with Gasteiger partial charge in [0.1, 0.15) is 12.1 Å². The van der Waals surface area contributed by atoms with Crippen molar-refractivity contribution in [2.24, 2.45) is 5.92 Å². The zero-order valence-corrected chi connectivity index (χ0v) is 17.2. The molecule has 2 aliphatic rings. The van der Waals surface area contributed by atoms with Crippen molar-refractivity contribution in [2.45, 2.75) is 64.8 Å². The van der Waals surface area contributed by atoms with E-state index in [2.05, 4.69) is 30.2 Å². The van der Waals surface area contributed by atoms with Gasteiger partial charge in [0.15, 0.2) is 0 Å². The molecule has 6 heteroatoms. The molecule has 0 spiro atoms. The first-order chi connectivity index (χ1) is 13.2. The highest BCUT2D eigenvalue weighted by Gasteiger charge is 2.49. The Bertz CT molecular complexity index is 925. The van der Waals surface area contributed by atoms with Gasteiger partial charge in [0.25, 0.3) is 0 Å². The second-order valence-corrected chi connectivity index (χ2v) is 9.20. The van der Waals surface area contributed by atoms with Gasteiger partial charge in [-0.05, 0) is 38.3 Å². The fourth-order valence-corrected chi connectivity index (χ4v) is 4.44. The number of para-hydroxylation sites is 1. The zero-order chi connectivity index (χ0) is 20.2. The number of benzene rings is 1. The molecule has 4 rings (SSSR count). The van der Waals surface area contributed by atoms with E-state index >= 15 is 0 Å². The van der Waals surface area contributed by atoms with Crippen molar-refractivity contribution in [3.8, 4) is 0 Å².